The molecule has 1 atom stereocenters. The van der Waals surface area contributed by atoms with Gasteiger partial charge in [0.05, 0.1) is 12.5 Å². The quantitative estimate of drug-likeness (QED) is 0.432. The van der Waals surface area contributed by atoms with E-state index in [0.29, 0.717) is 19.6 Å². The summed E-state index contributed by atoms with van der Waals surface area (Å²) in [6, 6.07) is -2.12. The lowest BCUT2D eigenvalue weighted by molar-refractivity contribution is -0.145. The average molecular weight is 290 g/mol. The fraction of sp³-hybridized carbons (Fsp3) is 0.750. The first-order chi connectivity index (χ1) is 9.32. The van der Waals surface area contributed by atoms with Crippen molar-refractivity contribution in [3.63, 3.8) is 0 Å². The highest BCUT2D eigenvalue weighted by Gasteiger charge is 2.22. The summed E-state index contributed by atoms with van der Waals surface area (Å²) in [5.74, 6) is -2.67. The van der Waals surface area contributed by atoms with Gasteiger partial charge in [0.25, 0.3) is 0 Å². The molecule has 0 heterocycles. The second kappa shape index (κ2) is 10.0. The molecule has 8 nitrogen and oxygen atoms in total. The van der Waals surface area contributed by atoms with E-state index in [1.54, 1.807) is 0 Å². The average Bonchev–Trinajstić information content (AvgIpc) is 2.31. The summed E-state index contributed by atoms with van der Waals surface area (Å²) < 4.78 is 5.32. The molecule has 0 aliphatic heterocycles. The third-order valence-electron chi connectivity index (χ3n) is 2.29. The zero-order valence-corrected chi connectivity index (χ0v) is 11.7. The summed E-state index contributed by atoms with van der Waals surface area (Å²) in [7, 11) is 0. The largest absolute Gasteiger partial charge is 0.481 e. The molecule has 0 saturated carbocycles. The number of aliphatic carboxylic acids is 2. The van der Waals surface area contributed by atoms with E-state index in [1.165, 1.54) is 0 Å². The Kier molecular flexibility index (Phi) is 9.10. The Balaban J connectivity index is 3.80. The Bertz CT molecular complexity index is 332. The predicted octanol–water partition coefficient (Wildman–Crippen LogP) is 0.419. The van der Waals surface area contributed by atoms with Crippen LogP contribution < -0.4 is 10.6 Å². The molecule has 0 unspecified atom stereocenters. The molecule has 4 N–H and O–H groups in total. The highest BCUT2D eigenvalue weighted by atomic mass is 16.5. The van der Waals surface area contributed by atoms with Crippen LogP contribution in [0.3, 0.4) is 0 Å². The van der Waals surface area contributed by atoms with Crippen LogP contribution in [-0.4, -0.2) is 53.5 Å². The van der Waals surface area contributed by atoms with E-state index in [1.807, 2.05) is 13.8 Å². The highest BCUT2D eigenvalue weighted by Crippen LogP contribution is 1.95. The van der Waals surface area contributed by atoms with Gasteiger partial charge < -0.3 is 25.6 Å². The molecule has 0 aromatic heterocycles. The van der Waals surface area contributed by atoms with Gasteiger partial charge >= 0.3 is 18.0 Å². The van der Waals surface area contributed by atoms with Crippen molar-refractivity contribution in [3.8, 4) is 0 Å². The van der Waals surface area contributed by atoms with Crippen LogP contribution in [0.15, 0.2) is 0 Å². The third-order valence-corrected chi connectivity index (χ3v) is 2.29. The van der Waals surface area contributed by atoms with Gasteiger partial charge in [-0.2, -0.15) is 0 Å². The van der Waals surface area contributed by atoms with Crippen molar-refractivity contribution in [1.82, 2.24) is 10.6 Å². The van der Waals surface area contributed by atoms with E-state index in [0.717, 1.165) is 6.42 Å². The van der Waals surface area contributed by atoms with Gasteiger partial charge in [-0.25, -0.2) is 9.59 Å². The minimum Gasteiger partial charge on any atom is -0.481 e. The summed E-state index contributed by atoms with van der Waals surface area (Å²) in [6.45, 7) is 4.82. The predicted molar refractivity (Wildman–Crippen MR) is 70.5 cm³/mol. The fourth-order valence-electron chi connectivity index (χ4n) is 1.33. The van der Waals surface area contributed by atoms with E-state index >= 15 is 0 Å². The Morgan fingerprint density at radius 1 is 1.15 bits per heavy atom. The first kappa shape index (κ1) is 18.2. The number of carboxylic acid groups (broad SMARTS) is 2. The molecule has 0 aromatic carbocycles. The topological polar surface area (TPSA) is 125 Å². The maximum absolute atomic E-state index is 11.4. The molecule has 20 heavy (non-hydrogen) atoms. The molecule has 0 fully saturated rings. The van der Waals surface area contributed by atoms with E-state index in [2.05, 4.69) is 10.6 Å². The van der Waals surface area contributed by atoms with E-state index in [9.17, 15) is 14.4 Å². The molecular weight excluding hydrogens is 268 g/mol. The van der Waals surface area contributed by atoms with Crippen molar-refractivity contribution >= 4 is 18.0 Å². The number of rotatable bonds is 10. The Morgan fingerprint density at radius 2 is 1.80 bits per heavy atom. The highest BCUT2D eigenvalue weighted by molar-refractivity contribution is 5.86. The van der Waals surface area contributed by atoms with Gasteiger partial charge in [0, 0.05) is 13.2 Å². The summed E-state index contributed by atoms with van der Waals surface area (Å²) in [5.41, 5.74) is 0. The standard InChI is InChI=1S/C12H22N2O6/c1-8(2)20-6-4-3-5-13-12(19)14-9(11(17)18)7-10(15)16/h8-9H,3-7H2,1-2H3,(H,15,16)(H,17,18)(H2,13,14,19)/t9-/m1/s1. The van der Waals surface area contributed by atoms with Crippen LogP contribution in [0.1, 0.15) is 33.1 Å². The summed E-state index contributed by atoms with van der Waals surface area (Å²) in [4.78, 5) is 32.5. The van der Waals surface area contributed by atoms with Crippen molar-refractivity contribution < 1.29 is 29.3 Å². The number of urea groups is 1. The van der Waals surface area contributed by atoms with Gasteiger partial charge in [-0.05, 0) is 26.7 Å². The molecular formula is C12H22N2O6. The lowest BCUT2D eigenvalue weighted by atomic mass is 10.2. The first-order valence-corrected chi connectivity index (χ1v) is 6.43. The molecule has 0 aliphatic rings. The minimum atomic E-state index is -1.43. The smallest absolute Gasteiger partial charge is 0.326 e. The molecule has 0 rings (SSSR count). The van der Waals surface area contributed by atoms with E-state index in [-0.39, 0.29) is 6.10 Å². The van der Waals surface area contributed by atoms with Crippen LogP contribution in [0.5, 0.6) is 0 Å². The van der Waals surface area contributed by atoms with Gasteiger partial charge in [-0.15, -0.1) is 0 Å². The van der Waals surface area contributed by atoms with Crippen LogP contribution in [0.25, 0.3) is 0 Å². The van der Waals surface area contributed by atoms with Crippen LogP contribution in [0.2, 0.25) is 0 Å². The van der Waals surface area contributed by atoms with E-state index < -0.39 is 30.4 Å². The SMILES string of the molecule is CC(C)OCCCCNC(=O)N[C@H](CC(=O)O)C(=O)O. The van der Waals surface area contributed by atoms with Crippen LogP contribution in [0.4, 0.5) is 4.79 Å². The van der Waals surface area contributed by atoms with Crippen LogP contribution >= 0.6 is 0 Å². The normalized spacial score (nSPS) is 11.9. The van der Waals surface area contributed by atoms with Crippen molar-refractivity contribution in [1.29, 1.82) is 0 Å². The maximum Gasteiger partial charge on any atom is 0.326 e. The number of ether oxygens (including phenoxy) is 1. The van der Waals surface area contributed by atoms with Gasteiger partial charge in [0.1, 0.15) is 6.04 Å². The van der Waals surface area contributed by atoms with Gasteiger partial charge in [0.2, 0.25) is 0 Å². The molecule has 116 valence electrons. The van der Waals surface area contributed by atoms with Gasteiger partial charge in [-0.1, -0.05) is 0 Å². The van der Waals surface area contributed by atoms with Crippen LogP contribution in [0, 0.1) is 0 Å². The molecule has 2 amide bonds. The summed E-state index contributed by atoms with van der Waals surface area (Å²) >= 11 is 0. The number of amides is 2. The number of hydrogen-bond donors (Lipinski definition) is 4. The Hall–Kier alpha value is -1.83. The van der Waals surface area contributed by atoms with Crippen LogP contribution in [-0.2, 0) is 14.3 Å². The van der Waals surface area contributed by atoms with Crippen molar-refractivity contribution in [2.45, 2.75) is 45.3 Å². The monoisotopic (exact) mass is 290 g/mol. The second-order valence-electron chi connectivity index (χ2n) is 4.52. The number of hydrogen-bond acceptors (Lipinski definition) is 4. The van der Waals surface area contributed by atoms with Gasteiger partial charge in [-0.3, -0.25) is 4.79 Å². The number of carboxylic acids is 2. The molecule has 0 radical (unpaired) electrons. The second-order valence-corrected chi connectivity index (χ2v) is 4.52. The summed E-state index contributed by atoms with van der Waals surface area (Å²) in [5, 5.41) is 21.8. The number of carbonyl (C=O) groups is 3. The Morgan fingerprint density at radius 3 is 2.30 bits per heavy atom. The minimum absolute atomic E-state index is 0.165. The van der Waals surface area contributed by atoms with Crippen molar-refractivity contribution in [3.05, 3.63) is 0 Å². The number of carbonyl (C=O) groups excluding carboxylic acids is 1. The zero-order chi connectivity index (χ0) is 15.5. The van der Waals surface area contributed by atoms with Crippen molar-refractivity contribution in [2.24, 2.45) is 0 Å². The fourth-order valence-corrected chi connectivity index (χ4v) is 1.33. The van der Waals surface area contributed by atoms with Crippen molar-refractivity contribution in [2.75, 3.05) is 13.2 Å². The first-order valence-electron chi connectivity index (χ1n) is 6.43. The van der Waals surface area contributed by atoms with Gasteiger partial charge in [0.15, 0.2) is 0 Å². The molecule has 0 bridgehead atoms. The molecule has 0 aromatic rings. The summed E-state index contributed by atoms with van der Waals surface area (Å²) in [6.07, 6.45) is 0.969. The zero-order valence-electron chi connectivity index (χ0n) is 11.7. The molecule has 8 heteroatoms. The molecule has 0 aliphatic carbocycles. The Labute approximate surface area is 117 Å². The molecule has 0 saturated heterocycles. The third kappa shape index (κ3) is 10.1. The lowest BCUT2D eigenvalue weighted by Crippen LogP contribution is -2.47. The number of nitrogens with one attached hydrogen (secondary N) is 2. The maximum atomic E-state index is 11.4. The van der Waals surface area contributed by atoms with E-state index in [4.69, 9.17) is 14.9 Å². The molecule has 0 spiro atoms. The number of unbranched alkanes of at least 4 members (excludes halogenated alkanes) is 1. The lowest BCUT2D eigenvalue weighted by Gasteiger charge is -2.13.